The van der Waals surface area contributed by atoms with Gasteiger partial charge in [0.05, 0.1) is 6.61 Å². The molecular formula is C16H25FN2O2. The van der Waals surface area contributed by atoms with E-state index >= 15 is 0 Å². The normalized spacial score (nSPS) is 13.9. The van der Waals surface area contributed by atoms with Crippen LogP contribution in [-0.4, -0.2) is 37.7 Å². The monoisotopic (exact) mass is 296 g/mol. The number of likely N-dealkylation sites (N-methyl/N-ethyl adjacent to an activating group) is 1. The maximum Gasteiger partial charge on any atom is 0.327 e. The molecule has 5 heteroatoms. The SMILES string of the molecule is CCOC(=O)C(C)(CN(C)c1cccc(F)c1)NC(C)C. The van der Waals surface area contributed by atoms with Gasteiger partial charge in [-0.15, -0.1) is 0 Å². The minimum absolute atomic E-state index is 0.125. The van der Waals surface area contributed by atoms with E-state index in [4.69, 9.17) is 4.74 Å². The summed E-state index contributed by atoms with van der Waals surface area (Å²) in [5, 5.41) is 3.25. The molecule has 21 heavy (non-hydrogen) atoms. The molecule has 0 aliphatic rings. The molecule has 0 amide bonds. The van der Waals surface area contributed by atoms with E-state index in [1.807, 2.05) is 31.9 Å². The van der Waals surface area contributed by atoms with Gasteiger partial charge in [0.15, 0.2) is 0 Å². The Morgan fingerprint density at radius 3 is 2.67 bits per heavy atom. The van der Waals surface area contributed by atoms with Crippen molar-refractivity contribution < 1.29 is 13.9 Å². The van der Waals surface area contributed by atoms with Crippen molar-refractivity contribution in [3.8, 4) is 0 Å². The van der Waals surface area contributed by atoms with Crippen LogP contribution in [0.15, 0.2) is 24.3 Å². The highest BCUT2D eigenvalue weighted by molar-refractivity contribution is 5.81. The molecule has 0 spiro atoms. The summed E-state index contributed by atoms with van der Waals surface area (Å²) in [7, 11) is 1.83. The Kier molecular flexibility index (Phi) is 6.15. The van der Waals surface area contributed by atoms with E-state index in [1.54, 1.807) is 19.9 Å². The van der Waals surface area contributed by atoms with Gasteiger partial charge in [-0.25, -0.2) is 9.18 Å². The molecule has 0 aliphatic carbocycles. The molecule has 4 nitrogen and oxygen atoms in total. The van der Waals surface area contributed by atoms with Gasteiger partial charge in [-0.1, -0.05) is 6.07 Å². The third kappa shape index (κ3) is 5.01. The fraction of sp³-hybridized carbons (Fsp3) is 0.562. The predicted molar refractivity (Wildman–Crippen MR) is 83.0 cm³/mol. The lowest BCUT2D eigenvalue weighted by Crippen LogP contribution is -2.59. The van der Waals surface area contributed by atoms with Crippen LogP contribution < -0.4 is 10.2 Å². The second kappa shape index (κ2) is 7.41. The molecule has 0 saturated heterocycles. The van der Waals surface area contributed by atoms with Gasteiger partial charge in [0.1, 0.15) is 11.4 Å². The Bertz CT molecular complexity index is 479. The number of carbonyl (C=O) groups is 1. The number of halogens is 1. The number of rotatable bonds is 7. The first-order valence-electron chi connectivity index (χ1n) is 7.20. The van der Waals surface area contributed by atoms with Gasteiger partial charge in [0, 0.05) is 25.3 Å². The van der Waals surface area contributed by atoms with E-state index in [0.29, 0.717) is 13.2 Å². The van der Waals surface area contributed by atoms with Gasteiger partial charge < -0.3 is 9.64 Å². The van der Waals surface area contributed by atoms with Crippen molar-refractivity contribution in [3.63, 3.8) is 0 Å². The van der Waals surface area contributed by atoms with Crippen molar-refractivity contribution in [2.75, 3.05) is 25.1 Å². The maximum atomic E-state index is 13.3. The second-order valence-corrected chi connectivity index (χ2v) is 5.69. The third-order valence-corrected chi connectivity index (χ3v) is 3.14. The van der Waals surface area contributed by atoms with Gasteiger partial charge in [-0.05, 0) is 45.9 Å². The van der Waals surface area contributed by atoms with Gasteiger partial charge >= 0.3 is 5.97 Å². The van der Waals surface area contributed by atoms with Crippen LogP contribution in [0, 0.1) is 5.82 Å². The van der Waals surface area contributed by atoms with Crippen LogP contribution in [-0.2, 0) is 9.53 Å². The number of benzene rings is 1. The van der Waals surface area contributed by atoms with Gasteiger partial charge in [-0.3, -0.25) is 5.32 Å². The zero-order valence-corrected chi connectivity index (χ0v) is 13.4. The summed E-state index contributed by atoms with van der Waals surface area (Å²) in [5.74, 6) is -0.601. The Morgan fingerprint density at radius 2 is 2.14 bits per heavy atom. The first-order chi connectivity index (χ1) is 9.78. The lowest BCUT2D eigenvalue weighted by molar-refractivity contribution is -0.150. The number of hydrogen-bond acceptors (Lipinski definition) is 4. The first-order valence-corrected chi connectivity index (χ1v) is 7.20. The first kappa shape index (κ1) is 17.4. The summed E-state index contributed by atoms with van der Waals surface area (Å²) >= 11 is 0. The Morgan fingerprint density at radius 1 is 1.48 bits per heavy atom. The molecule has 118 valence electrons. The molecular weight excluding hydrogens is 271 g/mol. The molecule has 0 fully saturated rings. The minimum Gasteiger partial charge on any atom is -0.465 e. The topological polar surface area (TPSA) is 41.6 Å². The number of anilines is 1. The number of carbonyl (C=O) groups excluding carboxylic acids is 1. The van der Waals surface area contributed by atoms with Crippen molar-refractivity contribution in [2.24, 2.45) is 0 Å². The summed E-state index contributed by atoms with van der Waals surface area (Å²) in [6, 6.07) is 6.43. The molecule has 0 saturated carbocycles. The van der Waals surface area contributed by atoms with E-state index in [0.717, 1.165) is 5.69 Å². The van der Waals surface area contributed by atoms with Crippen molar-refractivity contribution in [1.82, 2.24) is 5.32 Å². The van der Waals surface area contributed by atoms with Crippen LogP contribution in [0.5, 0.6) is 0 Å². The predicted octanol–water partition coefficient (Wildman–Crippen LogP) is 2.58. The Hall–Kier alpha value is -1.62. The quantitative estimate of drug-likeness (QED) is 0.785. The van der Waals surface area contributed by atoms with E-state index in [2.05, 4.69) is 5.32 Å². The highest BCUT2D eigenvalue weighted by atomic mass is 19.1. The molecule has 0 aromatic heterocycles. The Balaban J connectivity index is 2.92. The van der Waals surface area contributed by atoms with Crippen LogP contribution in [0.25, 0.3) is 0 Å². The molecule has 0 bridgehead atoms. The average Bonchev–Trinajstić information content (AvgIpc) is 2.37. The number of hydrogen-bond donors (Lipinski definition) is 1. The number of esters is 1. The maximum absolute atomic E-state index is 13.3. The van der Waals surface area contributed by atoms with Crippen LogP contribution in [0.4, 0.5) is 10.1 Å². The highest BCUT2D eigenvalue weighted by Gasteiger charge is 2.36. The molecule has 1 aromatic rings. The summed E-state index contributed by atoms with van der Waals surface area (Å²) in [4.78, 5) is 14.1. The third-order valence-electron chi connectivity index (χ3n) is 3.14. The molecule has 0 aliphatic heterocycles. The summed E-state index contributed by atoms with van der Waals surface area (Å²) in [6.45, 7) is 8.25. The molecule has 0 radical (unpaired) electrons. The molecule has 1 N–H and O–H groups in total. The summed E-state index contributed by atoms with van der Waals surface area (Å²) in [6.07, 6.45) is 0. The number of ether oxygens (including phenoxy) is 1. The molecule has 1 atom stereocenters. The zero-order chi connectivity index (χ0) is 16.0. The van der Waals surface area contributed by atoms with Crippen molar-refractivity contribution >= 4 is 11.7 Å². The molecule has 1 unspecified atom stereocenters. The summed E-state index contributed by atoms with van der Waals surface area (Å²) < 4.78 is 18.5. The highest BCUT2D eigenvalue weighted by Crippen LogP contribution is 2.18. The van der Waals surface area contributed by atoms with E-state index < -0.39 is 5.54 Å². The molecule has 0 heterocycles. The second-order valence-electron chi connectivity index (χ2n) is 5.69. The fourth-order valence-electron chi connectivity index (χ4n) is 2.38. The molecule has 1 aromatic carbocycles. The largest absolute Gasteiger partial charge is 0.465 e. The lowest BCUT2D eigenvalue weighted by Gasteiger charge is -2.35. The van der Waals surface area contributed by atoms with Crippen LogP contribution >= 0.6 is 0 Å². The minimum atomic E-state index is -0.856. The van der Waals surface area contributed by atoms with Gasteiger partial charge in [-0.2, -0.15) is 0 Å². The van der Waals surface area contributed by atoms with E-state index in [1.165, 1.54) is 12.1 Å². The molecule has 1 rings (SSSR count). The fourth-order valence-corrected chi connectivity index (χ4v) is 2.38. The van der Waals surface area contributed by atoms with Crippen molar-refractivity contribution in [2.45, 2.75) is 39.3 Å². The van der Waals surface area contributed by atoms with Gasteiger partial charge in [0.25, 0.3) is 0 Å². The number of nitrogens with one attached hydrogen (secondary N) is 1. The lowest BCUT2D eigenvalue weighted by atomic mass is 10.00. The summed E-state index contributed by atoms with van der Waals surface area (Å²) in [5.41, 5.74) is -0.137. The smallest absolute Gasteiger partial charge is 0.327 e. The van der Waals surface area contributed by atoms with Crippen LogP contribution in [0.2, 0.25) is 0 Å². The zero-order valence-electron chi connectivity index (χ0n) is 13.4. The Labute approximate surface area is 126 Å². The van der Waals surface area contributed by atoms with E-state index in [-0.39, 0.29) is 17.8 Å². The van der Waals surface area contributed by atoms with Gasteiger partial charge in [0.2, 0.25) is 0 Å². The van der Waals surface area contributed by atoms with Crippen LogP contribution in [0.3, 0.4) is 0 Å². The number of nitrogens with zero attached hydrogens (tertiary/aromatic N) is 1. The van der Waals surface area contributed by atoms with Crippen LogP contribution in [0.1, 0.15) is 27.7 Å². The van der Waals surface area contributed by atoms with E-state index in [9.17, 15) is 9.18 Å². The van der Waals surface area contributed by atoms with Crippen molar-refractivity contribution in [1.29, 1.82) is 0 Å². The van der Waals surface area contributed by atoms with Crippen molar-refractivity contribution in [3.05, 3.63) is 30.1 Å². The average molecular weight is 296 g/mol. The standard InChI is InChI=1S/C16H25FN2O2/c1-6-21-15(20)16(4,18-12(2)3)11-19(5)14-9-7-8-13(17)10-14/h7-10,12,18H,6,11H2,1-5H3.